The number of carbonyl (C=O) groups is 3. The quantitative estimate of drug-likeness (QED) is 0.486. The Balaban J connectivity index is 0.000000941. The Bertz CT molecular complexity index is 810. The number of carboxylic acid groups (broad SMARTS) is 1. The van der Waals surface area contributed by atoms with Crippen LogP contribution in [0.4, 0.5) is 0 Å². The molecule has 3 rings (SSSR count). The summed E-state index contributed by atoms with van der Waals surface area (Å²) < 4.78 is 1.68. The number of amides is 2. The van der Waals surface area contributed by atoms with E-state index in [2.05, 4.69) is 20.6 Å². The minimum Gasteiger partial charge on any atom is -0.483 e. The van der Waals surface area contributed by atoms with E-state index < -0.39 is 12.1 Å². The predicted molar refractivity (Wildman–Crippen MR) is 103 cm³/mol. The molecule has 1 aliphatic carbocycles. The zero-order chi connectivity index (χ0) is 21.2. The Hall–Kier alpha value is -3.27. The number of hydrogen-bond acceptors (Lipinski definition) is 6. The number of aromatic nitrogens is 3. The van der Waals surface area contributed by atoms with E-state index in [-0.39, 0.29) is 24.2 Å². The third kappa shape index (κ3) is 6.68. The van der Waals surface area contributed by atoms with E-state index in [0.717, 1.165) is 5.56 Å². The van der Waals surface area contributed by atoms with Crippen LogP contribution in [-0.4, -0.2) is 61.7 Å². The van der Waals surface area contributed by atoms with Crippen molar-refractivity contribution in [3.8, 4) is 0 Å². The molecule has 10 nitrogen and oxygen atoms in total. The Morgan fingerprint density at radius 3 is 2.76 bits per heavy atom. The summed E-state index contributed by atoms with van der Waals surface area (Å²) in [7, 11) is 1.78. The van der Waals surface area contributed by atoms with Gasteiger partial charge in [0.25, 0.3) is 12.4 Å². The van der Waals surface area contributed by atoms with Gasteiger partial charge in [0.2, 0.25) is 5.91 Å². The molecule has 0 radical (unpaired) electrons. The van der Waals surface area contributed by atoms with Crippen molar-refractivity contribution in [3.05, 3.63) is 48.3 Å². The lowest BCUT2D eigenvalue weighted by Crippen LogP contribution is -2.40. The highest BCUT2D eigenvalue weighted by Crippen LogP contribution is 2.26. The molecule has 2 aromatic rings. The first-order valence-electron chi connectivity index (χ1n) is 9.16. The summed E-state index contributed by atoms with van der Waals surface area (Å²) in [4.78, 5) is 40.9. The molecule has 2 amide bonds. The smallest absolute Gasteiger partial charge is 0.290 e. The van der Waals surface area contributed by atoms with Crippen molar-refractivity contribution in [1.82, 2.24) is 25.2 Å². The average Bonchev–Trinajstić information content (AvgIpc) is 3.29. The predicted octanol–water partition coefficient (Wildman–Crippen LogP) is -0.256. The van der Waals surface area contributed by atoms with Crippen molar-refractivity contribution in [2.75, 3.05) is 6.54 Å². The fourth-order valence-corrected chi connectivity index (χ4v) is 3.18. The van der Waals surface area contributed by atoms with Gasteiger partial charge in [-0.05, 0) is 30.9 Å². The van der Waals surface area contributed by atoms with Gasteiger partial charge in [0.15, 0.2) is 0 Å². The largest absolute Gasteiger partial charge is 0.483 e. The number of nitrogens with zero attached hydrogens (tertiary/aromatic N) is 3. The summed E-state index contributed by atoms with van der Waals surface area (Å²) in [5, 5.41) is 22.7. The molecule has 1 saturated carbocycles. The lowest BCUT2D eigenvalue weighted by atomic mass is 10.1. The van der Waals surface area contributed by atoms with Gasteiger partial charge in [0.05, 0.1) is 18.5 Å². The van der Waals surface area contributed by atoms with Gasteiger partial charge in [0, 0.05) is 38.1 Å². The van der Waals surface area contributed by atoms with Crippen LogP contribution in [0.25, 0.3) is 0 Å². The number of nitrogens with one attached hydrogen (secondary N) is 2. The molecule has 10 heteroatoms. The first-order valence-corrected chi connectivity index (χ1v) is 9.16. The zero-order valence-corrected chi connectivity index (χ0v) is 16.1. The Kier molecular flexibility index (Phi) is 8.28. The molecule has 0 aliphatic heterocycles. The number of pyridine rings is 1. The van der Waals surface area contributed by atoms with Gasteiger partial charge in [-0.15, -0.1) is 0 Å². The van der Waals surface area contributed by atoms with E-state index >= 15 is 0 Å². The first-order chi connectivity index (χ1) is 13.9. The first kappa shape index (κ1) is 22.0. The fraction of sp³-hybridized carbons (Fsp3) is 0.421. The van der Waals surface area contributed by atoms with Gasteiger partial charge < -0.3 is 25.4 Å². The van der Waals surface area contributed by atoms with Crippen molar-refractivity contribution in [1.29, 1.82) is 0 Å². The molecular weight excluding hydrogens is 378 g/mol. The van der Waals surface area contributed by atoms with Crippen LogP contribution in [0.1, 0.15) is 28.9 Å². The molecule has 156 valence electrons. The maximum atomic E-state index is 12.3. The Morgan fingerprint density at radius 1 is 1.38 bits per heavy atom. The van der Waals surface area contributed by atoms with Crippen molar-refractivity contribution >= 4 is 18.3 Å². The SMILES string of the molecule is Cn1cnc(C(=O)N[C@@H]2C[C@H](C(=O)NCCc3cccnc3)C[C@H]2O)c1.O=CO. The molecule has 2 heterocycles. The molecule has 0 unspecified atom stereocenters. The maximum absolute atomic E-state index is 12.3. The summed E-state index contributed by atoms with van der Waals surface area (Å²) in [5.74, 6) is -0.747. The number of aliphatic hydroxyl groups excluding tert-OH is 1. The minimum atomic E-state index is -0.739. The summed E-state index contributed by atoms with van der Waals surface area (Å²) in [6, 6.07) is 3.37. The van der Waals surface area contributed by atoms with Crippen LogP contribution < -0.4 is 10.6 Å². The second-order valence-corrected chi connectivity index (χ2v) is 6.75. The molecule has 0 saturated heterocycles. The molecule has 0 spiro atoms. The summed E-state index contributed by atoms with van der Waals surface area (Å²) >= 11 is 0. The lowest BCUT2D eigenvalue weighted by molar-refractivity contribution is -0.125. The Labute approximate surface area is 168 Å². The number of carbonyl (C=O) groups excluding carboxylic acids is 2. The topological polar surface area (TPSA) is 146 Å². The van der Waals surface area contributed by atoms with Gasteiger partial charge in [0.1, 0.15) is 5.69 Å². The number of rotatable bonds is 6. The fourth-order valence-electron chi connectivity index (χ4n) is 3.18. The third-order valence-corrected chi connectivity index (χ3v) is 4.59. The second kappa shape index (κ2) is 10.9. The molecular formula is C19H25N5O5. The minimum absolute atomic E-state index is 0.0949. The molecule has 29 heavy (non-hydrogen) atoms. The highest BCUT2D eigenvalue weighted by molar-refractivity contribution is 5.92. The Morgan fingerprint density at radius 2 is 2.14 bits per heavy atom. The lowest BCUT2D eigenvalue weighted by Gasteiger charge is -2.15. The van der Waals surface area contributed by atoms with Crippen LogP contribution in [0.15, 0.2) is 37.1 Å². The molecule has 4 N–H and O–H groups in total. The van der Waals surface area contributed by atoms with Gasteiger partial charge in [-0.2, -0.15) is 0 Å². The molecule has 1 aliphatic rings. The standard InChI is InChI=1S/C18H23N5O3.CH2O2/c1-23-10-15(21-11-23)18(26)22-14-7-13(8-16(14)24)17(25)20-6-4-12-3-2-5-19-9-12;2-1-3/h2-3,5,9-11,13-14,16,24H,4,6-8H2,1H3,(H,20,25)(H,22,26);1H,(H,2,3)/t13-,14+,16+;/m0./s1. The van der Waals surface area contributed by atoms with Crippen LogP contribution in [0.5, 0.6) is 0 Å². The monoisotopic (exact) mass is 403 g/mol. The van der Waals surface area contributed by atoms with Crippen LogP contribution in [-0.2, 0) is 23.1 Å². The molecule has 0 bridgehead atoms. The number of hydrogen-bond donors (Lipinski definition) is 4. The van der Waals surface area contributed by atoms with Crippen LogP contribution in [0.3, 0.4) is 0 Å². The number of aryl methyl sites for hydroxylation is 1. The summed E-state index contributed by atoms with van der Waals surface area (Å²) in [5.41, 5.74) is 1.35. The molecule has 2 aromatic heterocycles. The average molecular weight is 403 g/mol. The van der Waals surface area contributed by atoms with Crippen molar-refractivity contribution in [3.63, 3.8) is 0 Å². The van der Waals surface area contributed by atoms with E-state index in [1.165, 1.54) is 0 Å². The third-order valence-electron chi connectivity index (χ3n) is 4.59. The maximum Gasteiger partial charge on any atom is 0.290 e. The van der Waals surface area contributed by atoms with Crippen LogP contribution in [0, 0.1) is 5.92 Å². The van der Waals surface area contributed by atoms with E-state index in [4.69, 9.17) is 9.90 Å². The second-order valence-electron chi connectivity index (χ2n) is 6.75. The highest BCUT2D eigenvalue weighted by atomic mass is 16.3. The van der Waals surface area contributed by atoms with E-state index in [0.29, 0.717) is 31.5 Å². The number of aliphatic hydroxyl groups is 1. The van der Waals surface area contributed by atoms with Crippen molar-refractivity contribution < 1.29 is 24.6 Å². The van der Waals surface area contributed by atoms with Gasteiger partial charge >= 0.3 is 0 Å². The van der Waals surface area contributed by atoms with Gasteiger partial charge in [-0.25, -0.2) is 4.98 Å². The number of imidazole rings is 1. The van der Waals surface area contributed by atoms with E-state index in [9.17, 15) is 14.7 Å². The normalized spacial score (nSPS) is 20.3. The van der Waals surface area contributed by atoms with Gasteiger partial charge in [-0.3, -0.25) is 19.4 Å². The van der Waals surface area contributed by atoms with Crippen LogP contribution >= 0.6 is 0 Å². The summed E-state index contributed by atoms with van der Waals surface area (Å²) in [6.45, 7) is 0.266. The highest BCUT2D eigenvalue weighted by Gasteiger charge is 2.37. The van der Waals surface area contributed by atoms with Crippen molar-refractivity contribution in [2.45, 2.75) is 31.4 Å². The molecule has 0 aromatic carbocycles. The molecule has 1 fully saturated rings. The molecule has 3 atom stereocenters. The zero-order valence-electron chi connectivity index (χ0n) is 16.1. The summed E-state index contributed by atoms with van der Waals surface area (Å²) in [6.07, 6.45) is 7.35. The van der Waals surface area contributed by atoms with Crippen LogP contribution in [0.2, 0.25) is 0 Å². The van der Waals surface area contributed by atoms with Crippen molar-refractivity contribution in [2.24, 2.45) is 13.0 Å². The van der Waals surface area contributed by atoms with E-state index in [1.807, 2.05) is 12.1 Å². The van der Waals surface area contributed by atoms with Gasteiger partial charge in [-0.1, -0.05) is 6.07 Å². The van der Waals surface area contributed by atoms with E-state index in [1.54, 1.807) is 36.5 Å².